The van der Waals surface area contributed by atoms with Crippen LogP contribution in [0.2, 0.25) is 0 Å². The molecule has 0 aliphatic carbocycles. The minimum absolute atomic E-state index is 0.206. The molecule has 1 atom stereocenters. The van der Waals surface area contributed by atoms with Gasteiger partial charge in [0.05, 0.1) is 7.11 Å². The summed E-state index contributed by atoms with van der Waals surface area (Å²) in [6, 6.07) is 15.4. The first-order valence-electron chi connectivity index (χ1n) is 6.62. The molecule has 2 aromatic carbocycles. The van der Waals surface area contributed by atoms with Crippen LogP contribution in [-0.2, 0) is 0 Å². The maximum absolute atomic E-state index is 9.96. The molecule has 112 valence electrons. The number of anilines is 1. The molecule has 5 heteroatoms. The summed E-state index contributed by atoms with van der Waals surface area (Å²) in [6.07, 6.45) is -0.603. The number of para-hydroxylation sites is 2. The summed E-state index contributed by atoms with van der Waals surface area (Å²) >= 11 is 2.26. The molecule has 2 aromatic rings. The van der Waals surface area contributed by atoms with Crippen LogP contribution in [0, 0.1) is 3.57 Å². The molecule has 0 bridgehead atoms. The lowest BCUT2D eigenvalue weighted by Gasteiger charge is -2.15. The normalized spacial score (nSPS) is 11.8. The SMILES string of the molecule is COc1ccccc1OCC(O)CNc1ccc(I)cc1. The smallest absolute Gasteiger partial charge is 0.161 e. The second-order valence-corrected chi connectivity index (χ2v) is 5.75. The van der Waals surface area contributed by atoms with Gasteiger partial charge in [-0.2, -0.15) is 0 Å². The largest absolute Gasteiger partial charge is 0.493 e. The zero-order chi connectivity index (χ0) is 15.1. The Morgan fingerprint density at radius 3 is 2.43 bits per heavy atom. The fourth-order valence-electron chi connectivity index (χ4n) is 1.79. The summed E-state index contributed by atoms with van der Waals surface area (Å²) in [5, 5.41) is 13.1. The predicted octanol–water partition coefficient (Wildman–Crippen LogP) is 3.15. The van der Waals surface area contributed by atoms with Crippen molar-refractivity contribution in [3.8, 4) is 11.5 Å². The first kappa shape index (κ1) is 15.9. The number of aliphatic hydroxyl groups excluding tert-OH is 1. The topological polar surface area (TPSA) is 50.7 Å². The third-order valence-corrected chi connectivity index (χ3v) is 3.61. The molecule has 0 spiro atoms. The summed E-state index contributed by atoms with van der Waals surface area (Å²) < 4.78 is 12.0. The zero-order valence-corrected chi connectivity index (χ0v) is 13.9. The molecule has 0 aliphatic heterocycles. The van der Waals surface area contributed by atoms with E-state index in [1.807, 2.05) is 48.5 Å². The number of halogens is 1. The lowest BCUT2D eigenvalue weighted by Crippen LogP contribution is -2.26. The van der Waals surface area contributed by atoms with Crippen LogP contribution >= 0.6 is 22.6 Å². The molecule has 2 rings (SSSR count). The van der Waals surface area contributed by atoms with Gasteiger partial charge < -0.3 is 19.9 Å². The Morgan fingerprint density at radius 1 is 1.10 bits per heavy atom. The van der Waals surface area contributed by atoms with Gasteiger partial charge >= 0.3 is 0 Å². The zero-order valence-electron chi connectivity index (χ0n) is 11.8. The standard InChI is InChI=1S/C16H18INO3/c1-20-15-4-2-3-5-16(15)21-11-14(19)10-18-13-8-6-12(17)7-9-13/h2-9,14,18-19H,10-11H2,1H3. The van der Waals surface area contributed by atoms with Gasteiger partial charge in [0.15, 0.2) is 11.5 Å². The van der Waals surface area contributed by atoms with Crippen LogP contribution in [0.5, 0.6) is 11.5 Å². The molecule has 0 radical (unpaired) electrons. The number of methoxy groups -OCH3 is 1. The third-order valence-electron chi connectivity index (χ3n) is 2.89. The average Bonchev–Trinajstić information content (AvgIpc) is 2.52. The first-order valence-corrected chi connectivity index (χ1v) is 7.70. The van der Waals surface area contributed by atoms with E-state index < -0.39 is 6.10 Å². The van der Waals surface area contributed by atoms with Crippen LogP contribution in [0.3, 0.4) is 0 Å². The van der Waals surface area contributed by atoms with E-state index in [-0.39, 0.29) is 6.61 Å². The number of hydrogen-bond donors (Lipinski definition) is 2. The second-order valence-electron chi connectivity index (χ2n) is 4.50. The van der Waals surface area contributed by atoms with Crippen LogP contribution in [0.25, 0.3) is 0 Å². The number of rotatable bonds is 7. The van der Waals surface area contributed by atoms with E-state index in [2.05, 4.69) is 27.9 Å². The monoisotopic (exact) mass is 399 g/mol. The highest BCUT2D eigenvalue weighted by Crippen LogP contribution is 2.25. The molecule has 2 N–H and O–H groups in total. The van der Waals surface area contributed by atoms with Crippen molar-refractivity contribution >= 4 is 28.3 Å². The van der Waals surface area contributed by atoms with Crippen molar-refractivity contribution in [2.24, 2.45) is 0 Å². The quantitative estimate of drug-likeness (QED) is 0.703. The Bertz CT molecular complexity index is 560. The van der Waals surface area contributed by atoms with Gasteiger partial charge in [0.25, 0.3) is 0 Å². The summed E-state index contributed by atoms with van der Waals surface area (Å²) in [5.41, 5.74) is 0.978. The molecule has 4 nitrogen and oxygen atoms in total. The number of hydrogen-bond acceptors (Lipinski definition) is 4. The van der Waals surface area contributed by atoms with Crippen molar-refractivity contribution in [3.05, 3.63) is 52.1 Å². The summed E-state index contributed by atoms with van der Waals surface area (Å²) in [6.45, 7) is 0.632. The molecular weight excluding hydrogens is 381 g/mol. The molecule has 0 aliphatic rings. The van der Waals surface area contributed by atoms with E-state index in [0.29, 0.717) is 18.0 Å². The van der Waals surface area contributed by atoms with E-state index in [1.54, 1.807) is 7.11 Å². The highest BCUT2D eigenvalue weighted by Gasteiger charge is 2.08. The summed E-state index contributed by atoms with van der Waals surface area (Å²) in [5.74, 6) is 1.30. The maximum atomic E-state index is 9.96. The van der Waals surface area contributed by atoms with E-state index >= 15 is 0 Å². The third kappa shape index (κ3) is 5.09. The lowest BCUT2D eigenvalue weighted by atomic mass is 10.3. The Labute approximate surface area is 138 Å². The van der Waals surface area contributed by atoms with Gasteiger partial charge in [-0.25, -0.2) is 0 Å². The molecule has 0 amide bonds. The van der Waals surface area contributed by atoms with E-state index in [1.165, 1.54) is 3.57 Å². The van der Waals surface area contributed by atoms with Gasteiger partial charge in [0.1, 0.15) is 12.7 Å². The van der Waals surface area contributed by atoms with Crippen LogP contribution < -0.4 is 14.8 Å². The van der Waals surface area contributed by atoms with Gasteiger partial charge in [-0.15, -0.1) is 0 Å². The van der Waals surface area contributed by atoms with Crippen molar-refractivity contribution in [2.45, 2.75) is 6.10 Å². The van der Waals surface area contributed by atoms with E-state index in [4.69, 9.17) is 9.47 Å². The number of aliphatic hydroxyl groups is 1. The van der Waals surface area contributed by atoms with E-state index in [9.17, 15) is 5.11 Å². The molecule has 1 unspecified atom stereocenters. The fraction of sp³-hybridized carbons (Fsp3) is 0.250. The predicted molar refractivity (Wildman–Crippen MR) is 92.1 cm³/mol. The van der Waals surface area contributed by atoms with Crippen molar-refractivity contribution in [1.82, 2.24) is 0 Å². The Kier molecular flexibility index (Phi) is 6.13. The average molecular weight is 399 g/mol. The van der Waals surface area contributed by atoms with Crippen molar-refractivity contribution in [1.29, 1.82) is 0 Å². The highest BCUT2D eigenvalue weighted by molar-refractivity contribution is 14.1. The Hall–Kier alpha value is -1.47. The van der Waals surface area contributed by atoms with Crippen molar-refractivity contribution in [3.63, 3.8) is 0 Å². The van der Waals surface area contributed by atoms with Crippen LogP contribution in [0.15, 0.2) is 48.5 Å². The van der Waals surface area contributed by atoms with E-state index in [0.717, 1.165) is 5.69 Å². The molecular formula is C16H18INO3. The summed E-state index contributed by atoms with van der Waals surface area (Å²) in [7, 11) is 1.59. The minimum atomic E-state index is -0.603. The van der Waals surface area contributed by atoms with Crippen LogP contribution in [-0.4, -0.2) is 31.5 Å². The van der Waals surface area contributed by atoms with Crippen molar-refractivity contribution < 1.29 is 14.6 Å². The highest BCUT2D eigenvalue weighted by atomic mass is 127. The van der Waals surface area contributed by atoms with Gasteiger partial charge in [0, 0.05) is 15.8 Å². The molecule has 21 heavy (non-hydrogen) atoms. The second kappa shape index (κ2) is 8.09. The van der Waals surface area contributed by atoms with Gasteiger partial charge in [-0.05, 0) is 59.0 Å². The fourth-order valence-corrected chi connectivity index (χ4v) is 2.15. The lowest BCUT2D eigenvalue weighted by molar-refractivity contribution is 0.115. The molecule has 0 heterocycles. The Morgan fingerprint density at radius 2 is 1.76 bits per heavy atom. The Balaban J connectivity index is 1.79. The number of nitrogens with one attached hydrogen (secondary N) is 1. The molecule has 0 aromatic heterocycles. The molecule has 0 saturated carbocycles. The first-order chi connectivity index (χ1) is 10.2. The van der Waals surface area contributed by atoms with Crippen LogP contribution in [0.4, 0.5) is 5.69 Å². The van der Waals surface area contributed by atoms with Crippen molar-refractivity contribution in [2.75, 3.05) is 25.6 Å². The number of benzene rings is 2. The molecule has 0 fully saturated rings. The molecule has 0 saturated heterocycles. The van der Waals surface area contributed by atoms with Gasteiger partial charge in [-0.3, -0.25) is 0 Å². The van der Waals surface area contributed by atoms with Gasteiger partial charge in [0.2, 0.25) is 0 Å². The summed E-state index contributed by atoms with van der Waals surface area (Å²) in [4.78, 5) is 0. The van der Waals surface area contributed by atoms with Gasteiger partial charge in [-0.1, -0.05) is 12.1 Å². The number of ether oxygens (including phenoxy) is 2. The van der Waals surface area contributed by atoms with Crippen LogP contribution in [0.1, 0.15) is 0 Å². The maximum Gasteiger partial charge on any atom is 0.161 e. The minimum Gasteiger partial charge on any atom is -0.493 e.